The molecule has 0 aliphatic carbocycles. The second kappa shape index (κ2) is 5.08. The molecule has 124 valence electrons. The summed E-state index contributed by atoms with van der Waals surface area (Å²) in [5.41, 5.74) is 1.16. The molecule has 3 fully saturated rings. The summed E-state index contributed by atoms with van der Waals surface area (Å²) in [6.45, 7) is 1.59. The van der Waals surface area contributed by atoms with Gasteiger partial charge in [0.15, 0.2) is 5.76 Å². The number of carbonyl (C=O) groups is 2. The second-order valence-electron chi connectivity index (χ2n) is 7.02. The quantitative estimate of drug-likeness (QED) is 0.839. The maximum atomic E-state index is 12.5. The first kappa shape index (κ1) is 14.0. The van der Waals surface area contributed by atoms with Gasteiger partial charge < -0.3 is 20.0 Å². The third kappa shape index (κ3) is 2.29. The molecule has 24 heavy (non-hydrogen) atoms. The third-order valence-corrected chi connectivity index (χ3v) is 5.34. The molecule has 1 aromatic carbocycles. The Morgan fingerprint density at radius 1 is 1.21 bits per heavy atom. The smallest absolute Gasteiger partial charge is 0.289 e. The van der Waals surface area contributed by atoms with Gasteiger partial charge in [-0.3, -0.25) is 9.59 Å². The van der Waals surface area contributed by atoms with Crippen LogP contribution in [0.2, 0.25) is 0 Å². The summed E-state index contributed by atoms with van der Waals surface area (Å²) >= 11 is 0. The van der Waals surface area contributed by atoms with Crippen LogP contribution in [0.1, 0.15) is 40.2 Å². The highest BCUT2D eigenvalue weighted by Gasteiger charge is 2.39. The first-order valence-electron chi connectivity index (χ1n) is 8.57. The summed E-state index contributed by atoms with van der Waals surface area (Å²) in [6, 6.07) is 8.28. The zero-order valence-corrected chi connectivity index (χ0v) is 13.2. The predicted octanol–water partition coefficient (Wildman–Crippen LogP) is 1.51. The molecule has 3 atom stereocenters. The van der Waals surface area contributed by atoms with Gasteiger partial charge >= 0.3 is 0 Å². The molecule has 6 heteroatoms. The van der Waals surface area contributed by atoms with Crippen molar-refractivity contribution >= 4 is 22.8 Å². The summed E-state index contributed by atoms with van der Waals surface area (Å²) in [7, 11) is 0. The molecule has 3 aliphatic rings. The van der Waals surface area contributed by atoms with Crippen molar-refractivity contribution in [1.82, 2.24) is 15.5 Å². The van der Waals surface area contributed by atoms with Crippen molar-refractivity contribution in [2.24, 2.45) is 0 Å². The van der Waals surface area contributed by atoms with Crippen molar-refractivity contribution in [1.29, 1.82) is 0 Å². The molecule has 3 aliphatic heterocycles. The molecular weight excluding hydrogens is 306 g/mol. The number of hydrogen-bond acceptors (Lipinski definition) is 4. The SMILES string of the molecule is O=C(N[C@@H]1C[C@H]2CC[C@@H]1N2)c1ccc2cc(C(=O)N3CC3)oc2c1. The predicted molar refractivity (Wildman–Crippen MR) is 87.9 cm³/mol. The van der Waals surface area contributed by atoms with Gasteiger partial charge in [-0.05, 0) is 37.5 Å². The van der Waals surface area contributed by atoms with Crippen LogP contribution in [-0.2, 0) is 0 Å². The number of nitrogens with one attached hydrogen (secondary N) is 2. The fourth-order valence-corrected chi connectivity index (χ4v) is 3.92. The lowest BCUT2D eigenvalue weighted by atomic mass is 9.95. The normalized spacial score (nSPS) is 27.7. The number of carbonyl (C=O) groups excluding carboxylic acids is 2. The van der Waals surface area contributed by atoms with E-state index in [4.69, 9.17) is 4.42 Å². The van der Waals surface area contributed by atoms with Gasteiger partial charge in [0, 0.05) is 42.2 Å². The molecule has 2 bridgehead atoms. The lowest BCUT2D eigenvalue weighted by Crippen LogP contribution is -2.42. The lowest BCUT2D eigenvalue weighted by Gasteiger charge is -2.21. The van der Waals surface area contributed by atoms with Crippen LogP contribution in [0.3, 0.4) is 0 Å². The van der Waals surface area contributed by atoms with E-state index in [1.54, 1.807) is 23.1 Å². The molecule has 6 nitrogen and oxygen atoms in total. The number of hydrogen-bond donors (Lipinski definition) is 2. The molecule has 4 heterocycles. The second-order valence-corrected chi connectivity index (χ2v) is 7.02. The molecule has 2 amide bonds. The van der Waals surface area contributed by atoms with Crippen LogP contribution < -0.4 is 10.6 Å². The molecule has 0 radical (unpaired) electrons. The van der Waals surface area contributed by atoms with Crippen LogP contribution in [0, 0.1) is 0 Å². The van der Waals surface area contributed by atoms with E-state index in [-0.39, 0.29) is 17.9 Å². The monoisotopic (exact) mass is 325 g/mol. The number of fused-ring (bicyclic) bond motifs is 3. The van der Waals surface area contributed by atoms with E-state index in [1.165, 1.54) is 6.42 Å². The lowest BCUT2D eigenvalue weighted by molar-refractivity contribution is 0.0857. The zero-order valence-electron chi connectivity index (χ0n) is 13.2. The Kier molecular flexibility index (Phi) is 2.97. The van der Waals surface area contributed by atoms with Crippen LogP contribution in [-0.4, -0.2) is 47.9 Å². The largest absolute Gasteiger partial charge is 0.451 e. The average Bonchev–Trinajstić information content (AvgIpc) is 3.03. The van der Waals surface area contributed by atoms with E-state index in [0.717, 1.165) is 31.3 Å². The molecule has 0 spiro atoms. The number of nitrogens with zero attached hydrogens (tertiary/aromatic N) is 1. The summed E-state index contributed by atoms with van der Waals surface area (Å²) in [4.78, 5) is 26.3. The Balaban J connectivity index is 1.36. The van der Waals surface area contributed by atoms with E-state index in [2.05, 4.69) is 10.6 Å². The van der Waals surface area contributed by atoms with Gasteiger partial charge in [-0.15, -0.1) is 0 Å². The zero-order chi connectivity index (χ0) is 16.3. The number of benzene rings is 1. The number of rotatable bonds is 3. The molecule has 2 aromatic rings. The van der Waals surface area contributed by atoms with E-state index < -0.39 is 0 Å². The van der Waals surface area contributed by atoms with Gasteiger partial charge in [0.05, 0.1) is 0 Å². The van der Waals surface area contributed by atoms with Crippen molar-refractivity contribution in [3.8, 4) is 0 Å². The van der Waals surface area contributed by atoms with Crippen LogP contribution in [0.4, 0.5) is 0 Å². The Morgan fingerprint density at radius 2 is 2.08 bits per heavy atom. The van der Waals surface area contributed by atoms with Crippen molar-refractivity contribution < 1.29 is 14.0 Å². The van der Waals surface area contributed by atoms with Crippen molar-refractivity contribution in [3.05, 3.63) is 35.6 Å². The molecule has 0 unspecified atom stereocenters. The Hall–Kier alpha value is -2.34. The molecular formula is C18H19N3O3. The Morgan fingerprint density at radius 3 is 2.79 bits per heavy atom. The van der Waals surface area contributed by atoms with E-state index in [9.17, 15) is 9.59 Å². The van der Waals surface area contributed by atoms with Gasteiger partial charge in [-0.25, -0.2) is 0 Å². The molecule has 1 aromatic heterocycles. The summed E-state index contributed by atoms with van der Waals surface area (Å²) in [5, 5.41) is 7.50. The fourth-order valence-electron chi connectivity index (χ4n) is 3.92. The highest BCUT2D eigenvalue weighted by atomic mass is 16.3. The molecule has 5 rings (SSSR count). The maximum Gasteiger partial charge on any atom is 0.289 e. The molecule has 3 saturated heterocycles. The summed E-state index contributed by atoms with van der Waals surface area (Å²) < 4.78 is 5.66. The van der Waals surface area contributed by atoms with Crippen LogP contribution >= 0.6 is 0 Å². The van der Waals surface area contributed by atoms with E-state index in [1.807, 2.05) is 6.07 Å². The average molecular weight is 325 g/mol. The van der Waals surface area contributed by atoms with Crippen LogP contribution in [0.5, 0.6) is 0 Å². The first-order valence-corrected chi connectivity index (χ1v) is 8.57. The number of amides is 2. The Labute approximate surface area is 139 Å². The van der Waals surface area contributed by atoms with Gasteiger partial charge in [0.1, 0.15) is 5.58 Å². The van der Waals surface area contributed by atoms with E-state index in [0.29, 0.717) is 29.0 Å². The van der Waals surface area contributed by atoms with Crippen LogP contribution in [0.25, 0.3) is 11.0 Å². The van der Waals surface area contributed by atoms with Gasteiger partial charge in [0.2, 0.25) is 0 Å². The number of furan rings is 1. The van der Waals surface area contributed by atoms with Crippen molar-refractivity contribution in [2.75, 3.05) is 13.1 Å². The maximum absolute atomic E-state index is 12.5. The van der Waals surface area contributed by atoms with Crippen molar-refractivity contribution in [3.63, 3.8) is 0 Å². The van der Waals surface area contributed by atoms with Gasteiger partial charge in [-0.1, -0.05) is 6.07 Å². The highest BCUT2D eigenvalue weighted by molar-refractivity contribution is 6.00. The molecule has 2 N–H and O–H groups in total. The Bertz CT molecular complexity index is 839. The minimum absolute atomic E-state index is 0.0773. The summed E-state index contributed by atoms with van der Waals surface area (Å²) in [5.74, 6) is 0.189. The first-order chi connectivity index (χ1) is 11.7. The fraction of sp³-hybridized carbons (Fsp3) is 0.444. The van der Waals surface area contributed by atoms with Crippen LogP contribution in [0.15, 0.2) is 28.7 Å². The van der Waals surface area contributed by atoms with E-state index >= 15 is 0 Å². The standard InChI is InChI=1S/C18H19N3O3/c22-17(20-14-9-12-3-4-13(14)19-12)11-2-1-10-7-16(24-15(10)8-11)18(23)21-5-6-21/h1-2,7-8,12-14,19H,3-6,9H2,(H,20,22)/t12-,13+,14-/m1/s1. The minimum atomic E-state index is -0.0785. The topological polar surface area (TPSA) is 74.3 Å². The highest BCUT2D eigenvalue weighted by Crippen LogP contribution is 2.29. The van der Waals surface area contributed by atoms with Crippen molar-refractivity contribution in [2.45, 2.75) is 37.4 Å². The van der Waals surface area contributed by atoms with Gasteiger partial charge in [0.25, 0.3) is 11.8 Å². The molecule has 0 saturated carbocycles. The minimum Gasteiger partial charge on any atom is -0.451 e. The summed E-state index contributed by atoms with van der Waals surface area (Å²) in [6.07, 6.45) is 3.35. The van der Waals surface area contributed by atoms with Gasteiger partial charge in [-0.2, -0.15) is 0 Å². The third-order valence-electron chi connectivity index (χ3n) is 5.34.